The lowest BCUT2D eigenvalue weighted by atomic mass is 10.1. The molecule has 0 saturated carbocycles. The van der Waals surface area contributed by atoms with E-state index in [-0.39, 0.29) is 49.1 Å². The molecule has 1 aromatic heterocycles. The van der Waals surface area contributed by atoms with Gasteiger partial charge in [0.25, 0.3) is 0 Å². The number of anilines is 1. The van der Waals surface area contributed by atoms with Crippen LogP contribution in [0, 0.1) is 17.5 Å². The molecule has 0 spiro atoms. The van der Waals surface area contributed by atoms with Crippen molar-refractivity contribution in [1.82, 2.24) is 14.8 Å². The third-order valence-corrected chi connectivity index (χ3v) is 8.02. The lowest BCUT2D eigenvalue weighted by Crippen LogP contribution is -2.45. The highest BCUT2D eigenvalue weighted by Gasteiger charge is 2.28. The fraction of sp³-hybridized carbons (Fsp3) is 0.200. The number of hydrogen-bond donors (Lipinski definition) is 2. The molecule has 2 N–H and O–H groups in total. The first kappa shape index (κ1) is 30.0. The number of aromatic amines is 1. The summed E-state index contributed by atoms with van der Waals surface area (Å²) in [5.41, 5.74) is 4.00. The summed E-state index contributed by atoms with van der Waals surface area (Å²) in [6.07, 6.45) is 1.55. The second-order valence-corrected chi connectivity index (χ2v) is 11.2. The molecule has 0 unspecified atom stereocenters. The normalized spacial score (nSPS) is 12.8. The molecule has 0 radical (unpaired) electrons. The number of para-hydroxylation sites is 1. The van der Waals surface area contributed by atoms with Crippen molar-refractivity contribution >= 4 is 28.4 Å². The van der Waals surface area contributed by atoms with E-state index in [1.807, 2.05) is 18.2 Å². The molecule has 0 fully saturated rings. The molecule has 2 amide bonds. The van der Waals surface area contributed by atoms with Crippen LogP contribution in [0.5, 0.6) is 11.5 Å². The first-order valence-electron chi connectivity index (χ1n) is 14.6. The zero-order valence-electron chi connectivity index (χ0n) is 24.5. The minimum atomic E-state index is -1.02. The average molecular weight is 613 g/mol. The van der Waals surface area contributed by atoms with E-state index in [2.05, 4.69) is 22.4 Å². The Morgan fingerprint density at radius 3 is 2.22 bits per heavy atom. The number of amides is 2. The Morgan fingerprint density at radius 1 is 0.822 bits per heavy atom. The topological polar surface area (TPSA) is 77.7 Å². The van der Waals surface area contributed by atoms with Gasteiger partial charge in [0.2, 0.25) is 11.8 Å². The number of carbonyl (C=O) groups excluding carboxylic acids is 2. The highest BCUT2D eigenvalue weighted by atomic mass is 19.2. The van der Waals surface area contributed by atoms with E-state index in [4.69, 9.17) is 4.74 Å². The number of benzene rings is 4. The molecule has 0 bridgehead atoms. The molecular weight excluding hydrogens is 581 g/mol. The summed E-state index contributed by atoms with van der Waals surface area (Å²) in [5.74, 6) is -2.34. The number of H-pyrrole nitrogens is 1. The van der Waals surface area contributed by atoms with Crippen LogP contribution in [-0.2, 0) is 29.0 Å². The van der Waals surface area contributed by atoms with Crippen molar-refractivity contribution in [3.63, 3.8) is 0 Å². The fourth-order valence-electron chi connectivity index (χ4n) is 5.67. The Labute approximate surface area is 258 Å². The Kier molecular flexibility index (Phi) is 8.57. The van der Waals surface area contributed by atoms with Crippen LogP contribution in [0.3, 0.4) is 0 Å². The molecular formula is C35H31F3N4O3. The maximum absolute atomic E-state index is 14.4. The molecule has 1 aliphatic rings. The number of nitrogens with one attached hydrogen (secondary N) is 2. The van der Waals surface area contributed by atoms with Gasteiger partial charge < -0.3 is 19.9 Å². The van der Waals surface area contributed by atoms with Crippen LogP contribution >= 0.6 is 0 Å². The van der Waals surface area contributed by atoms with Gasteiger partial charge in [-0.3, -0.25) is 14.5 Å². The number of halogens is 3. The van der Waals surface area contributed by atoms with Crippen LogP contribution in [-0.4, -0.2) is 52.8 Å². The highest BCUT2D eigenvalue weighted by molar-refractivity contribution is 5.92. The molecule has 1 heterocycles. The SMILES string of the molecule is CN(C(=O)CN(CC(=O)Nc1ccc(Oc2ccc(F)c(F)c2)cc1)Cc1cc2cccc(F)c2[nH]1)C1Cc2ccccc2C1. The first-order valence-corrected chi connectivity index (χ1v) is 14.6. The number of carbonyl (C=O) groups is 2. The smallest absolute Gasteiger partial charge is 0.238 e. The molecule has 5 aromatic rings. The second kappa shape index (κ2) is 12.9. The van der Waals surface area contributed by atoms with Gasteiger partial charge in [-0.1, -0.05) is 36.4 Å². The largest absolute Gasteiger partial charge is 0.457 e. The first-order chi connectivity index (χ1) is 21.7. The summed E-state index contributed by atoms with van der Waals surface area (Å²) >= 11 is 0. The van der Waals surface area contributed by atoms with Crippen LogP contribution < -0.4 is 10.1 Å². The van der Waals surface area contributed by atoms with Gasteiger partial charge in [0, 0.05) is 42.5 Å². The average Bonchev–Trinajstić information content (AvgIpc) is 3.64. The number of nitrogens with zero attached hydrogens (tertiary/aromatic N) is 2. The van der Waals surface area contributed by atoms with Crippen molar-refractivity contribution in [2.45, 2.75) is 25.4 Å². The molecule has 1 aliphatic carbocycles. The maximum atomic E-state index is 14.4. The molecule has 4 aromatic carbocycles. The number of fused-ring (bicyclic) bond motifs is 2. The van der Waals surface area contributed by atoms with E-state index >= 15 is 0 Å². The molecule has 10 heteroatoms. The lowest BCUT2D eigenvalue weighted by molar-refractivity contribution is -0.133. The van der Waals surface area contributed by atoms with E-state index in [0.29, 0.717) is 28.0 Å². The molecule has 6 rings (SSSR count). The van der Waals surface area contributed by atoms with Gasteiger partial charge in [-0.15, -0.1) is 0 Å². The quantitative estimate of drug-likeness (QED) is 0.190. The van der Waals surface area contributed by atoms with Gasteiger partial charge >= 0.3 is 0 Å². The third-order valence-electron chi connectivity index (χ3n) is 8.02. The Balaban J connectivity index is 1.13. The Morgan fingerprint density at radius 2 is 1.53 bits per heavy atom. The number of rotatable bonds is 10. The number of hydrogen-bond acceptors (Lipinski definition) is 4. The van der Waals surface area contributed by atoms with Crippen molar-refractivity contribution < 1.29 is 27.5 Å². The Bertz CT molecular complexity index is 1830. The second-order valence-electron chi connectivity index (χ2n) is 11.2. The summed E-state index contributed by atoms with van der Waals surface area (Å²) in [7, 11) is 1.79. The number of ether oxygens (including phenoxy) is 1. The van der Waals surface area contributed by atoms with E-state index in [0.717, 1.165) is 25.0 Å². The highest BCUT2D eigenvalue weighted by Crippen LogP contribution is 2.26. The van der Waals surface area contributed by atoms with Crippen molar-refractivity contribution in [2.75, 3.05) is 25.5 Å². The minimum Gasteiger partial charge on any atom is -0.457 e. The standard InChI is InChI=1S/C35H31F3N4O3/c1-41(27-16-22-5-2-3-6-23(22)17-27)34(44)21-42(19-26-15-24-7-4-8-31(37)35(24)40-26)20-33(43)39-25-9-11-28(12-10-25)45-29-13-14-30(36)32(38)18-29/h2-15,18,27,40H,16-17,19-21H2,1H3,(H,39,43). The summed E-state index contributed by atoms with van der Waals surface area (Å²) in [5, 5.41) is 3.53. The molecule has 0 saturated heterocycles. The van der Waals surface area contributed by atoms with Gasteiger partial charge in [-0.25, -0.2) is 13.2 Å². The van der Waals surface area contributed by atoms with Crippen LogP contribution in [0.15, 0.2) is 91.0 Å². The van der Waals surface area contributed by atoms with E-state index < -0.39 is 11.6 Å². The zero-order chi connectivity index (χ0) is 31.5. The third kappa shape index (κ3) is 7.02. The van der Waals surface area contributed by atoms with Crippen LogP contribution in [0.2, 0.25) is 0 Å². The van der Waals surface area contributed by atoms with Crippen LogP contribution in [0.1, 0.15) is 16.8 Å². The summed E-state index contributed by atoms with van der Waals surface area (Å²) in [4.78, 5) is 33.2. The number of likely N-dealkylation sites (N-methyl/N-ethyl adjacent to an activating group) is 1. The van der Waals surface area contributed by atoms with Crippen LogP contribution in [0.4, 0.5) is 18.9 Å². The van der Waals surface area contributed by atoms with E-state index in [9.17, 15) is 22.8 Å². The predicted octanol–water partition coefficient (Wildman–Crippen LogP) is 6.44. The molecule has 0 aliphatic heterocycles. The molecule has 0 atom stereocenters. The van der Waals surface area contributed by atoms with Gasteiger partial charge in [0.1, 0.15) is 17.3 Å². The molecule has 45 heavy (non-hydrogen) atoms. The lowest BCUT2D eigenvalue weighted by Gasteiger charge is -2.28. The summed E-state index contributed by atoms with van der Waals surface area (Å²) < 4.78 is 46.7. The van der Waals surface area contributed by atoms with Gasteiger partial charge in [0.15, 0.2) is 11.6 Å². The molecule has 230 valence electrons. The van der Waals surface area contributed by atoms with Crippen molar-refractivity contribution in [3.8, 4) is 11.5 Å². The fourth-order valence-corrected chi connectivity index (χ4v) is 5.67. The van der Waals surface area contributed by atoms with Crippen molar-refractivity contribution in [3.05, 3.63) is 125 Å². The predicted molar refractivity (Wildman–Crippen MR) is 165 cm³/mol. The number of aromatic nitrogens is 1. The van der Waals surface area contributed by atoms with Crippen LogP contribution in [0.25, 0.3) is 10.9 Å². The van der Waals surface area contributed by atoms with Crippen molar-refractivity contribution in [2.24, 2.45) is 0 Å². The van der Waals surface area contributed by atoms with E-state index in [1.54, 1.807) is 53.2 Å². The zero-order valence-corrected chi connectivity index (χ0v) is 24.5. The Hall–Kier alpha value is -5.09. The summed E-state index contributed by atoms with van der Waals surface area (Å²) in [6, 6.07) is 24.5. The van der Waals surface area contributed by atoms with Gasteiger partial charge in [-0.2, -0.15) is 0 Å². The summed E-state index contributed by atoms with van der Waals surface area (Å²) in [6.45, 7) is 0.0953. The van der Waals surface area contributed by atoms with Gasteiger partial charge in [-0.05, 0) is 72.5 Å². The van der Waals surface area contributed by atoms with Gasteiger partial charge in [0.05, 0.1) is 18.6 Å². The monoisotopic (exact) mass is 612 g/mol. The minimum absolute atomic E-state index is 0.0182. The maximum Gasteiger partial charge on any atom is 0.238 e. The van der Waals surface area contributed by atoms with E-state index in [1.165, 1.54) is 23.3 Å². The van der Waals surface area contributed by atoms with Crippen molar-refractivity contribution in [1.29, 1.82) is 0 Å². The molecule has 7 nitrogen and oxygen atoms in total.